The summed E-state index contributed by atoms with van der Waals surface area (Å²) in [6.45, 7) is 9.89. The summed E-state index contributed by atoms with van der Waals surface area (Å²) in [7, 11) is 0. The van der Waals surface area contributed by atoms with Crippen LogP contribution in [0.25, 0.3) is 0 Å². The Hall–Kier alpha value is -0.610. The zero-order chi connectivity index (χ0) is 12.3. The third-order valence-corrected chi connectivity index (χ3v) is 4.32. The normalized spacial score (nSPS) is 20.5. The molecule has 17 heavy (non-hydrogen) atoms. The maximum Gasteiger partial charge on any atom is 0.185 e. The zero-order valence-corrected chi connectivity index (χ0v) is 11.9. The van der Waals surface area contributed by atoms with E-state index in [2.05, 4.69) is 36.4 Å². The smallest absolute Gasteiger partial charge is 0.185 e. The van der Waals surface area contributed by atoms with E-state index in [0.29, 0.717) is 6.04 Å². The number of rotatable bonds is 5. The van der Waals surface area contributed by atoms with Crippen molar-refractivity contribution < 1.29 is 0 Å². The molecule has 0 aliphatic carbocycles. The third kappa shape index (κ3) is 3.42. The van der Waals surface area contributed by atoms with Gasteiger partial charge in [0.25, 0.3) is 0 Å². The lowest BCUT2D eigenvalue weighted by Gasteiger charge is -2.14. The van der Waals surface area contributed by atoms with Crippen LogP contribution in [0.15, 0.2) is 5.38 Å². The average molecular weight is 253 g/mol. The molecule has 0 aromatic carbocycles. The van der Waals surface area contributed by atoms with E-state index in [0.717, 1.165) is 12.5 Å². The highest BCUT2D eigenvalue weighted by atomic mass is 32.1. The molecule has 0 amide bonds. The average Bonchev–Trinajstić information content (AvgIpc) is 2.94. The van der Waals surface area contributed by atoms with Crippen LogP contribution in [0.5, 0.6) is 0 Å². The van der Waals surface area contributed by atoms with Gasteiger partial charge in [-0.2, -0.15) is 0 Å². The van der Waals surface area contributed by atoms with E-state index in [9.17, 15) is 0 Å². The molecule has 1 fully saturated rings. The fourth-order valence-electron chi connectivity index (χ4n) is 2.17. The lowest BCUT2D eigenvalue weighted by Crippen LogP contribution is -2.22. The van der Waals surface area contributed by atoms with Crippen LogP contribution < -0.4 is 10.2 Å². The van der Waals surface area contributed by atoms with Crippen molar-refractivity contribution in [2.75, 3.05) is 18.0 Å². The maximum absolute atomic E-state index is 4.71. The van der Waals surface area contributed by atoms with Crippen molar-refractivity contribution >= 4 is 16.5 Å². The molecule has 0 radical (unpaired) electrons. The van der Waals surface area contributed by atoms with Gasteiger partial charge >= 0.3 is 0 Å². The third-order valence-electron chi connectivity index (χ3n) is 3.36. The molecule has 2 rings (SSSR count). The number of thiazole rings is 1. The first kappa shape index (κ1) is 12.8. The molecule has 1 atom stereocenters. The van der Waals surface area contributed by atoms with Gasteiger partial charge in [-0.3, -0.25) is 0 Å². The van der Waals surface area contributed by atoms with Gasteiger partial charge in [0.15, 0.2) is 5.13 Å². The molecular weight excluding hydrogens is 230 g/mol. The van der Waals surface area contributed by atoms with Crippen LogP contribution in [0.3, 0.4) is 0 Å². The first-order valence-electron chi connectivity index (χ1n) is 6.61. The molecular formula is C13H23N3S. The molecule has 1 N–H and O–H groups in total. The van der Waals surface area contributed by atoms with Gasteiger partial charge in [0.05, 0.1) is 5.69 Å². The fraction of sp³-hybridized carbons (Fsp3) is 0.769. The minimum absolute atomic E-state index is 0.524. The molecule has 1 unspecified atom stereocenters. The maximum atomic E-state index is 4.71. The van der Waals surface area contributed by atoms with E-state index >= 15 is 0 Å². The molecule has 1 aliphatic heterocycles. The van der Waals surface area contributed by atoms with Gasteiger partial charge in [-0.1, -0.05) is 27.2 Å². The lowest BCUT2D eigenvalue weighted by molar-refractivity contribution is 0.568. The van der Waals surface area contributed by atoms with Gasteiger partial charge in [-0.15, -0.1) is 11.3 Å². The first-order chi connectivity index (χ1) is 8.19. The number of aromatic nitrogens is 1. The summed E-state index contributed by atoms with van der Waals surface area (Å²) >= 11 is 1.79. The van der Waals surface area contributed by atoms with Crippen LogP contribution in [-0.4, -0.2) is 24.1 Å². The fourth-order valence-corrected chi connectivity index (χ4v) is 3.03. The quantitative estimate of drug-likeness (QED) is 0.874. The van der Waals surface area contributed by atoms with Gasteiger partial charge in [0.2, 0.25) is 0 Å². The first-order valence-corrected chi connectivity index (χ1v) is 7.49. The highest BCUT2D eigenvalue weighted by Crippen LogP contribution is 2.28. The Labute approximate surface area is 108 Å². The molecule has 4 heteroatoms. The summed E-state index contributed by atoms with van der Waals surface area (Å²) in [5, 5.41) is 6.81. The van der Waals surface area contributed by atoms with E-state index in [1.807, 2.05) is 0 Å². The number of hydrogen-bond acceptors (Lipinski definition) is 4. The van der Waals surface area contributed by atoms with Gasteiger partial charge in [-0.25, -0.2) is 4.98 Å². The number of nitrogens with one attached hydrogen (secondary N) is 1. The minimum Gasteiger partial charge on any atom is -0.348 e. The molecule has 96 valence electrons. The predicted molar refractivity (Wildman–Crippen MR) is 74.7 cm³/mol. The minimum atomic E-state index is 0.524. The van der Waals surface area contributed by atoms with E-state index in [1.165, 1.54) is 36.8 Å². The van der Waals surface area contributed by atoms with Crippen molar-refractivity contribution in [1.82, 2.24) is 10.3 Å². The zero-order valence-electron chi connectivity index (χ0n) is 11.1. The van der Waals surface area contributed by atoms with E-state index in [4.69, 9.17) is 4.98 Å². The Bertz CT molecular complexity index is 348. The molecule has 1 aromatic heterocycles. The lowest BCUT2D eigenvalue weighted by atomic mass is 10.1. The van der Waals surface area contributed by atoms with Crippen molar-refractivity contribution in [3.05, 3.63) is 11.1 Å². The SMILES string of the molecule is CCC1CCN(c2nc(CNC(C)C)cs2)C1. The van der Waals surface area contributed by atoms with Crippen LogP contribution in [0.4, 0.5) is 5.13 Å². The molecule has 0 saturated carbocycles. The molecule has 3 nitrogen and oxygen atoms in total. The van der Waals surface area contributed by atoms with Gasteiger partial charge in [0, 0.05) is 31.1 Å². The summed E-state index contributed by atoms with van der Waals surface area (Å²) in [6.07, 6.45) is 2.62. The summed E-state index contributed by atoms with van der Waals surface area (Å²) < 4.78 is 0. The Kier molecular flexibility index (Phi) is 4.40. The van der Waals surface area contributed by atoms with Crippen molar-refractivity contribution in [2.24, 2.45) is 5.92 Å². The van der Waals surface area contributed by atoms with Crippen LogP contribution in [0, 0.1) is 5.92 Å². The molecule has 1 aromatic rings. The topological polar surface area (TPSA) is 28.2 Å². The van der Waals surface area contributed by atoms with Crippen molar-refractivity contribution in [1.29, 1.82) is 0 Å². The second-order valence-corrected chi connectivity index (χ2v) is 6.00. The molecule has 2 heterocycles. The predicted octanol–water partition coefficient (Wildman–Crippen LogP) is 2.88. The van der Waals surface area contributed by atoms with Crippen molar-refractivity contribution in [2.45, 2.75) is 46.2 Å². The van der Waals surface area contributed by atoms with Crippen LogP contribution in [0.2, 0.25) is 0 Å². The Morgan fingerprint density at radius 2 is 2.41 bits per heavy atom. The molecule has 1 aliphatic rings. The molecule has 0 bridgehead atoms. The Balaban J connectivity index is 1.90. The number of hydrogen-bond donors (Lipinski definition) is 1. The number of nitrogens with zero attached hydrogens (tertiary/aromatic N) is 2. The van der Waals surface area contributed by atoms with Gasteiger partial charge in [-0.05, 0) is 12.3 Å². The van der Waals surface area contributed by atoms with E-state index < -0.39 is 0 Å². The number of anilines is 1. The van der Waals surface area contributed by atoms with Crippen molar-refractivity contribution in [3.63, 3.8) is 0 Å². The summed E-state index contributed by atoms with van der Waals surface area (Å²) in [5.41, 5.74) is 1.18. The highest BCUT2D eigenvalue weighted by Gasteiger charge is 2.22. The second-order valence-electron chi connectivity index (χ2n) is 5.17. The van der Waals surface area contributed by atoms with Gasteiger partial charge in [0.1, 0.15) is 0 Å². The monoisotopic (exact) mass is 253 g/mol. The summed E-state index contributed by atoms with van der Waals surface area (Å²) in [6, 6.07) is 0.524. The highest BCUT2D eigenvalue weighted by molar-refractivity contribution is 7.13. The Morgan fingerprint density at radius 1 is 1.59 bits per heavy atom. The van der Waals surface area contributed by atoms with Gasteiger partial charge < -0.3 is 10.2 Å². The summed E-state index contributed by atoms with van der Waals surface area (Å²) in [4.78, 5) is 7.16. The van der Waals surface area contributed by atoms with E-state index in [-0.39, 0.29) is 0 Å². The van der Waals surface area contributed by atoms with Crippen LogP contribution >= 0.6 is 11.3 Å². The largest absolute Gasteiger partial charge is 0.348 e. The van der Waals surface area contributed by atoms with Crippen molar-refractivity contribution in [3.8, 4) is 0 Å². The summed E-state index contributed by atoms with van der Waals surface area (Å²) in [5.74, 6) is 0.871. The van der Waals surface area contributed by atoms with Crippen LogP contribution in [0.1, 0.15) is 39.3 Å². The molecule has 0 spiro atoms. The van der Waals surface area contributed by atoms with Crippen LogP contribution in [-0.2, 0) is 6.54 Å². The second kappa shape index (κ2) is 5.83. The van der Waals surface area contributed by atoms with E-state index in [1.54, 1.807) is 11.3 Å². The standard InChI is InChI=1S/C13H23N3S/c1-4-11-5-6-16(8-11)13-15-12(9-17-13)7-14-10(2)3/h9-11,14H,4-8H2,1-3H3. The Morgan fingerprint density at radius 3 is 3.06 bits per heavy atom. The molecule has 1 saturated heterocycles.